The van der Waals surface area contributed by atoms with Gasteiger partial charge in [-0.1, -0.05) is 34.6 Å². The number of hydrogen-bond acceptors (Lipinski definition) is 11. The number of aliphatic hydroxyl groups is 1. The Morgan fingerprint density at radius 1 is 1.08 bits per heavy atom. The number of nitrogens with zero attached hydrogens (tertiary/aromatic N) is 4. The average molecular weight is 725 g/mol. The molecule has 3 rings (SSSR count). The number of cyclic esters (lactones) is 1. The SMILES string of the molecule is CCN(C)CC(C)(C)CC(=O)N1CC([C@@H]2COC(=O)C(C)(C)C(=O)[C@H](C)[C@@H](O[C@@H]3O[C@H](C)C[C@H](CN(C)C)[C@H]3O)[C@](C)(OC)C[C@@H](C)CN2C)C1. The van der Waals surface area contributed by atoms with E-state index >= 15 is 0 Å². The molecule has 12 nitrogen and oxygen atoms in total. The summed E-state index contributed by atoms with van der Waals surface area (Å²) in [5.74, 6) is -1.42. The first-order valence-corrected chi connectivity index (χ1v) is 19.1. The summed E-state index contributed by atoms with van der Waals surface area (Å²) in [6, 6.07) is -0.134. The Morgan fingerprint density at radius 2 is 1.71 bits per heavy atom. The number of ether oxygens (including phenoxy) is 4. The van der Waals surface area contributed by atoms with E-state index in [2.05, 4.69) is 44.5 Å². The minimum atomic E-state index is -1.47. The fourth-order valence-electron chi connectivity index (χ4n) is 8.70. The second-order valence-corrected chi connectivity index (χ2v) is 18.1. The number of hydrogen-bond donors (Lipinski definition) is 1. The summed E-state index contributed by atoms with van der Waals surface area (Å²) in [5, 5.41) is 11.5. The zero-order valence-electron chi connectivity index (χ0n) is 34.4. The van der Waals surface area contributed by atoms with Gasteiger partial charge in [-0.15, -0.1) is 0 Å². The molecule has 1 amide bonds. The quantitative estimate of drug-likeness (QED) is 0.250. The van der Waals surface area contributed by atoms with Crippen LogP contribution >= 0.6 is 0 Å². The Hall–Kier alpha value is -1.67. The first-order valence-electron chi connectivity index (χ1n) is 19.1. The topological polar surface area (TPSA) is 121 Å². The molecule has 0 bridgehead atoms. The van der Waals surface area contributed by atoms with Crippen molar-refractivity contribution in [2.45, 2.75) is 118 Å². The highest BCUT2D eigenvalue weighted by atomic mass is 16.7. The molecule has 1 N–H and O–H groups in total. The Morgan fingerprint density at radius 3 is 2.27 bits per heavy atom. The number of ketones is 1. The van der Waals surface area contributed by atoms with Crippen LogP contribution in [0.4, 0.5) is 0 Å². The maximum absolute atomic E-state index is 14.3. The standard InChI is InChI=1S/C39H72N4O8/c1-15-41(12)24-37(5,6)18-31(44)43-21-29(22-43)30-23-49-36(47)38(7,8)33(46)27(4)34(39(9,48-14)17-25(2)19-42(30)13)51-35-32(45)28(20-40(10)11)16-26(3)50-35/h25-30,32,34-35,45H,15-24H2,1-14H3/t25-,26-,27+,28-,30+,32-,34-,35+,39-/m1/s1. The van der Waals surface area contributed by atoms with Crippen LogP contribution in [-0.2, 0) is 33.3 Å². The molecular formula is C39H72N4O8. The monoisotopic (exact) mass is 725 g/mol. The van der Waals surface area contributed by atoms with Gasteiger partial charge in [-0.3, -0.25) is 19.3 Å². The van der Waals surface area contributed by atoms with Gasteiger partial charge in [0.15, 0.2) is 12.1 Å². The van der Waals surface area contributed by atoms with E-state index in [0.717, 1.165) is 13.1 Å². The molecule has 3 aliphatic rings. The molecule has 0 aromatic heterocycles. The van der Waals surface area contributed by atoms with Gasteiger partial charge in [-0.05, 0) is 86.6 Å². The van der Waals surface area contributed by atoms with Gasteiger partial charge in [0, 0.05) is 70.0 Å². The number of rotatable bonds is 11. The van der Waals surface area contributed by atoms with Crippen molar-refractivity contribution in [2.75, 3.05) is 81.2 Å². The largest absolute Gasteiger partial charge is 0.463 e. The molecule has 3 fully saturated rings. The van der Waals surface area contributed by atoms with E-state index in [1.165, 1.54) is 0 Å². The van der Waals surface area contributed by atoms with Crippen molar-refractivity contribution >= 4 is 17.7 Å². The van der Waals surface area contributed by atoms with Crippen LogP contribution in [0.1, 0.15) is 81.6 Å². The molecule has 3 saturated heterocycles. The minimum Gasteiger partial charge on any atom is -0.463 e. The van der Waals surface area contributed by atoms with Gasteiger partial charge in [0.05, 0.1) is 17.8 Å². The van der Waals surface area contributed by atoms with Crippen LogP contribution in [0.3, 0.4) is 0 Å². The zero-order chi connectivity index (χ0) is 38.6. The van der Waals surface area contributed by atoms with E-state index in [1.807, 2.05) is 44.8 Å². The normalized spacial score (nSPS) is 35.2. The molecule has 9 atom stereocenters. The van der Waals surface area contributed by atoms with Crippen molar-refractivity contribution in [2.24, 2.45) is 34.5 Å². The second kappa shape index (κ2) is 17.6. The molecular weight excluding hydrogens is 652 g/mol. The highest BCUT2D eigenvalue weighted by Gasteiger charge is 2.52. The molecule has 0 saturated carbocycles. The summed E-state index contributed by atoms with van der Waals surface area (Å²) < 4.78 is 25.1. The molecule has 0 radical (unpaired) electrons. The third kappa shape index (κ3) is 11.0. The number of Topliss-reactive ketones (excluding diaryl/α,β-unsaturated/α-hetero) is 1. The molecule has 0 aromatic rings. The van der Waals surface area contributed by atoms with Crippen molar-refractivity contribution in [1.82, 2.24) is 19.6 Å². The highest BCUT2D eigenvalue weighted by Crippen LogP contribution is 2.39. The number of likely N-dealkylation sites (N-methyl/N-ethyl adjacent to an activating group) is 1. The van der Waals surface area contributed by atoms with Crippen molar-refractivity contribution in [1.29, 1.82) is 0 Å². The molecule has 12 heteroatoms. The van der Waals surface area contributed by atoms with E-state index in [0.29, 0.717) is 45.4 Å². The van der Waals surface area contributed by atoms with Gasteiger partial charge in [0.25, 0.3) is 0 Å². The zero-order valence-corrected chi connectivity index (χ0v) is 34.4. The molecule has 0 aromatic carbocycles. The van der Waals surface area contributed by atoms with Gasteiger partial charge in [0.2, 0.25) is 5.91 Å². The summed E-state index contributed by atoms with van der Waals surface area (Å²) in [6.07, 6.45) is -1.15. The molecule has 3 aliphatic heterocycles. The number of carbonyl (C=O) groups excluding carboxylic acids is 3. The van der Waals surface area contributed by atoms with Crippen LogP contribution in [-0.4, -0.2) is 160 Å². The fourth-order valence-corrected chi connectivity index (χ4v) is 8.70. The van der Waals surface area contributed by atoms with E-state index in [1.54, 1.807) is 27.9 Å². The van der Waals surface area contributed by atoms with Crippen molar-refractivity contribution in [3.8, 4) is 0 Å². The first-order chi connectivity index (χ1) is 23.5. The number of amides is 1. The van der Waals surface area contributed by atoms with Gasteiger partial charge in [0.1, 0.15) is 18.1 Å². The smallest absolute Gasteiger partial charge is 0.319 e. The lowest BCUT2D eigenvalue weighted by atomic mass is 9.74. The van der Waals surface area contributed by atoms with Crippen LogP contribution in [0.25, 0.3) is 0 Å². The molecule has 51 heavy (non-hydrogen) atoms. The van der Waals surface area contributed by atoms with Gasteiger partial charge < -0.3 is 38.8 Å². The maximum Gasteiger partial charge on any atom is 0.319 e. The van der Waals surface area contributed by atoms with Crippen LogP contribution in [0.5, 0.6) is 0 Å². The van der Waals surface area contributed by atoms with Gasteiger partial charge in [-0.2, -0.15) is 0 Å². The Kier molecular flexibility index (Phi) is 15.1. The molecule has 0 spiro atoms. The lowest BCUT2D eigenvalue weighted by Crippen LogP contribution is -2.60. The molecule has 3 heterocycles. The Labute approximate surface area is 308 Å². The highest BCUT2D eigenvalue weighted by molar-refractivity contribution is 6.04. The Balaban J connectivity index is 1.86. The number of methoxy groups -OCH3 is 1. The maximum atomic E-state index is 14.3. The number of aliphatic hydroxyl groups excluding tert-OH is 1. The predicted octanol–water partition coefficient (Wildman–Crippen LogP) is 3.39. The van der Waals surface area contributed by atoms with Gasteiger partial charge >= 0.3 is 5.97 Å². The third-order valence-electron chi connectivity index (χ3n) is 11.7. The number of likely N-dealkylation sites (tertiary alicyclic amines) is 1. The van der Waals surface area contributed by atoms with Crippen molar-refractivity contribution in [3.05, 3.63) is 0 Å². The lowest BCUT2D eigenvalue weighted by molar-refractivity contribution is -0.297. The number of carbonyl (C=O) groups is 3. The van der Waals surface area contributed by atoms with Crippen LogP contribution < -0.4 is 0 Å². The number of esters is 1. The van der Waals surface area contributed by atoms with E-state index in [4.69, 9.17) is 18.9 Å². The minimum absolute atomic E-state index is 0.0776. The van der Waals surface area contributed by atoms with Crippen LogP contribution in [0, 0.1) is 34.5 Å². The molecule has 296 valence electrons. The summed E-state index contributed by atoms with van der Waals surface area (Å²) >= 11 is 0. The van der Waals surface area contributed by atoms with E-state index in [9.17, 15) is 19.5 Å². The summed E-state index contributed by atoms with van der Waals surface area (Å²) in [7, 11) is 9.69. The lowest BCUT2D eigenvalue weighted by Gasteiger charge is -2.48. The fraction of sp³-hybridized carbons (Fsp3) is 0.923. The third-order valence-corrected chi connectivity index (χ3v) is 11.7. The van der Waals surface area contributed by atoms with Gasteiger partial charge in [-0.25, -0.2) is 0 Å². The van der Waals surface area contributed by atoms with Crippen molar-refractivity contribution in [3.63, 3.8) is 0 Å². The second-order valence-electron chi connectivity index (χ2n) is 18.1. The predicted molar refractivity (Wildman–Crippen MR) is 198 cm³/mol. The van der Waals surface area contributed by atoms with E-state index < -0.39 is 41.4 Å². The van der Waals surface area contributed by atoms with Crippen LogP contribution in [0.15, 0.2) is 0 Å². The first kappa shape index (κ1) is 43.7. The average Bonchev–Trinajstić information content (AvgIpc) is 3.00. The molecule has 0 aliphatic carbocycles. The molecule has 0 unspecified atom stereocenters. The Bertz CT molecular complexity index is 1170. The van der Waals surface area contributed by atoms with Crippen LogP contribution in [0.2, 0.25) is 0 Å². The van der Waals surface area contributed by atoms with Crippen molar-refractivity contribution < 1.29 is 38.4 Å². The summed E-state index contributed by atoms with van der Waals surface area (Å²) in [5.41, 5.74) is -2.57. The summed E-state index contributed by atoms with van der Waals surface area (Å²) in [6.45, 7) is 21.9. The summed E-state index contributed by atoms with van der Waals surface area (Å²) in [4.78, 5) is 49.9. The van der Waals surface area contributed by atoms with E-state index in [-0.39, 0.29) is 53.6 Å².